The molecule has 0 saturated carbocycles. The van der Waals surface area contributed by atoms with E-state index >= 15 is 0 Å². The molecule has 0 aliphatic carbocycles. The largest absolute Gasteiger partial charge is 0.385 e. The molecule has 0 fully saturated rings. The van der Waals surface area contributed by atoms with Crippen LogP contribution in [-0.2, 0) is 10.4 Å². The Morgan fingerprint density at radius 1 is 1.43 bits per heavy atom. The molecular formula is C12H16O2. The van der Waals surface area contributed by atoms with Crippen LogP contribution in [-0.4, -0.2) is 11.4 Å². The Labute approximate surface area is 84.6 Å². The number of hydrogen-bond donors (Lipinski definition) is 1. The van der Waals surface area contributed by atoms with E-state index in [2.05, 4.69) is 0 Å². The highest BCUT2D eigenvalue weighted by Crippen LogP contribution is 2.27. The lowest BCUT2D eigenvalue weighted by Gasteiger charge is -2.23. The zero-order chi connectivity index (χ0) is 10.8. The van der Waals surface area contributed by atoms with Crippen molar-refractivity contribution in [2.45, 2.75) is 32.8 Å². The van der Waals surface area contributed by atoms with Crippen LogP contribution in [0, 0.1) is 13.8 Å². The highest BCUT2D eigenvalue weighted by atomic mass is 16.3. The van der Waals surface area contributed by atoms with Gasteiger partial charge in [-0.05, 0) is 31.9 Å². The standard InChI is InChI=1S/C12H16O2/c1-9-4-5-10(2)11(8-9)12(3,14)6-7-13/h4-5,7-8,14H,6H2,1-3H3. The molecule has 1 N–H and O–H groups in total. The van der Waals surface area contributed by atoms with Gasteiger partial charge in [0.15, 0.2) is 0 Å². The van der Waals surface area contributed by atoms with E-state index in [-0.39, 0.29) is 6.42 Å². The number of aldehydes is 1. The maximum Gasteiger partial charge on any atom is 0.123 e. The summed E-state index contributed by atoms with van der Waals surface area (Å²) in [5, 5.41) is 10.1. The van der Waals surface area contributed by atoms with Crippen molar-refractivity contribution in [2.75, 3.05) is 0 Å². The van der Waals surface area contributed by atoms with Gasteiger partial charge in [-0.3, -0.25) is 0 Å². The molecule has 1 rings (SSSR count). The molecular weight excluding hydrogens is 176 g/mol. The number of carbonyl (C=O) groups excluding carboxylic acids is 1. The summed E-state index contributed by atoms with van der Waals surface area (Å²) in [6.45, 7) is 5.58. The lowest BCUT2D eigenvalue weighted by Crippen LogP contribution is -2.22. The molecule has 0 heterocycles. The van der Waals surface area contributed by atoms with E-state index in [0.29, 0.717) is 0 Å². The first-order valence-corrected chi connectivity index (χ1v) is 4.71. The predicted molar refractivity (Wildman–Crippen MR) is 56.2 cm³/mol. The van der Waals surface area contributed by atoms with Crippen molar-refractivity contribution >= 4 is 6.29 Å². The van der Waals surface area contributed by atoms with E-state index in [0.717, 1.165) is 23.0 Å². The zero-order valence-electron chi connectivity index (χ0n) is 8.87. The summed E-state index contributed by atoms with van der Waals surface area (Å²) < 4.78 is 0. The number of aryl methyl sites for hydroxylation is 2. The van der Waals surface area contributed by atoms with Crippen LogP contribution in [0.25, 0.3) is 0 Å². The first-order valence-electron chi connectivity index (χ1n) is 4.71. The van der Waals surface area contributed by atoms with Gasteiger partial charge in [0.05, 0.1) is 5.60 Å². The molecule has 14 heavy (non-hydrogen) atoms. The normalized spacial score (nSPS) is 14.9. The van der Waals surface area contributed by atoms with Crippen LogP contribution in [0.3, 0.4) is 0 Å². The minimum atomic E-state index is -1.04. The van der Waals surface area contributed by atoms with E-state index in [9.17, 15) is 9.90 Å². The molecule has 0 radical (unpaired) electrons. The Bertz CT molecular complexity index is 340. The van der Waals surface area contributed by atoms with Gasteiger partial charge in [-0.15, -0.1) is 0 Å². The van der Waals surface area contributed by atoms with Crippen molar-refractivity contribution < 1.29 is 9.90 Å². The highest BCUT2D eigenvalue weighted by Gasteiger charge is 2.24. The van der Waals surface area contributed by atoms with Gasteiger partial charge < -0.3 is 9.90 Å². The number of carbonyl (C=O) groups is 1. The van der Waals surface area contributed by atoms with E-state index in [1.54, 1.807) is 6.92 Å². The summed E-state index contributed by atoms with van der Waals surface area (Å²) in [5.41, 5.74) is 1.90. The van der Waals surface area contributed by atoms with Gasteiger partial charge in [-0.1, -0.05) is 23.8 Å². The first-order chi connectivity index (χ1) is 6.47. The minimum absolute atomic E-state index is 0.136. The third kappa shape index (κ3) is 2.20. The minimum Gasteiger partial charge on any atom is -0.385 e. The quantitative estimate of drug-likeness (QED) is 0.745. The van der Waals surface area contributed by atoms with Crippen LogP contribution in [0.15, 0.2) is 18.2 Å². The summed E-state index contributed by atoms with van der Waals surface area (Å²) in [6, 6.07) is 5.89. The van der Waals surface area contributed by atoms with Gasteiger partial charge in [0.25, 0.3) is 0 Å². The van der Waals surface area contributed by atoms with Crippen LogP contribution < -0.4 is 0 Å². The number of benzene rings is 1. The van der Waals surface area contributed by atoms with Crippen LogP contribution in [0.2, 0.25) is 0 Å². The molecule has 2 nitrogen and oxygen atoms in total. The average Bonchev–Trinajstić information content (AvgIpc) is 2.09. The number of hydrogen-bond acceptors (Lipinski definition) is 2. The van der Waals surface area contributed by atoms with Crippen LogP contribution in [0.5, 0.6) is 0 Å². The average molecular weight is 192 g/mol. The van der Waals surface area contributed by atoms with Crippen molar-refractivity contribution in [1.29, 1.82) is 0 Å². The lowest BCUT2D eigenvalue weighted by molar-refractivity contribution is -0.112. The Morgan fingerprint density at radius 3 is 2.64 bits per heavy atom. The molecule has 1 unspecified atom stereocenters. The topological polar surface area (TPSA) is 37.3 Å². The van der Waals surface area contributed by atoms with Crippen molar-refractivity contribution in [3.63, 3.8) is 0 Å². The Morgan fingerprint density at radius 2 is 2.07 bits per heavy atom. The molecule has 1 atom stereocenters. The second-order valence-corrected chi connectivity index (χ2v) is 3.96. The molecule has 1 aromatic rings. The van der Waals surface area contributed by atoms with Crippen LogP contribution in [0.4, 0.5) is 0 Å². The molecule has 2 heteroatoms. The summed E-state index contributed by atoms with van der Waals surface area (Å²) in [5.74, 6) is 0. The number of aliphatic hydroxyl groups is 1. The van der Waals surface area contributed by atoms with Crippen molar-refractivity contribution in [2.24, 2.45) is 0 Å². The highest BCUT2D eigenvalue weighted by molar-refractivity contribution is 5.53. The fraction of sp³-hybridized carbons (Fsp3) is 0.417. The van der Waals surface area contributed by atoms with E-state index < -0.39 is 5.60 Å². The van der Waals surface area contributed by atoms with Crippen LogP contribution >= 0.6 is 0 Å². The van der Waals surface area contributed by atoms with Gasteiger partial charge in [0, 0.05) is 6.42 Å². The van der Waals surface area contributed by atoms with Gasteiger partial charge in [0.1, 0.15) is 6.29 Å². The fourth-order valence-corrected chi connectivity index (χ4v) is 1.59. The Balaban J connectivity index is 3.16. The molecule has 0 aliphatic heterocycles. The van der Waals surface area contributed by atoms with Gasteiger partial charge in [0.2, 0.25) is 0 Å². The van der Waals surface area contributed by atoms with E-state index in [1.165, 1.54) is 0 Å². The lowest BCUT2D eigenvalue weighted by atomic mass is 9.88. The van der Waals surface area contributed by atoms with Crippen molar-refractivity contribution in [3.8, 4) is 0 Å². The van der Waals surface area contributed by atoms with Crippen molar-refractivity contribution in [3.05, 3.63) is 34.9 Å². The maximum atomic E-state index is 10.4. The number of rotatable bonds is 3. The summed E-state index contributed by atoms with van der Waals surface area (Å²) in [6.07, 6.45) is 0.888. The molecule has 0 saturated heterocycles. The monoisotopic (exact) mass is 192 g/mol. The molecule has 0 aromatic heterocycles. The Kier molecular flexibility index (Phi) is 3.06. The van der Waals surface area contributed by atoms with Gasteiger partial charge in [-0.2, -0.15) is 0 Å². The Hall–Kier alpha value is -1.15. The second kappa shape index (κ2) is 3.93. The predicted octanol–water partition coefficient (Wildman–Crippen LogP) is 2.10. The molecule has 0 amide bonds. The fourth-order valence-electron chi connectivity index (χ4n) is 1.59. The van der Waals surface area contributed by atoms with Gasteiger partial charge >= 0.3 is 0 Å². The van der Waals surface area contributed by atoms with Crippen LogP contribution in [0.1, 0.15) is 30.0 Å². The third-order valence-electron chi connectivity index (χ3n) is 2.45. The maximum absolute atomic E-state index is 10.4. The SMILES string of the molecule is Cc1ccc(C)c(C(C)(O)CC=O)c1. The summed E-state index contributed by atoms with van der Waals surface area (Å²) >= 11 is 0. The van der Waals surface area contributed by atoms with Crippen molar-refractivity contribution in [1.82, 2.24) is 0 Å². The molecule has 0 bridgehead atoms. The molecule has 0 aliphatic rings. The third-order valence-corrected chi connectivity index (χ3v) is 2.45. The van der Waals surface area contributed by atoms with E-state index in [1.807, 2.05) is 32.0 Å². The first kappa shape index (κ1) is 10.9. The van der Waals surface area contributed by atoms with E-state index in [4.69, 9.17) is 0 Å². The summed E-state index contributed by atoms with van der Waals surface area (Å²) in [4.78, 5) is 10.4. The zero-order valence-corrected chi connectivity index (χ0v) is 8.87. The molecule has 1 aromatic carbocycles. The molecule has 0 spiro atoms. The second-order valence-electron chi connectivity index (χ2n) is 3.96. The van der Waals surface area contributed by atoms with Gasteiger partial charge in [-0.25, -0.2) is 0 Å². The smallest absolute Gasteiger partial charge is 0.123 e. The molecule has 76 valence electrons. The summed E-state index contributed by atoms with van der Waals surface area (Å²) in [7, 11) is 0.